The number of rotatable bonds is 1. The van der Waals surface area contributed by atoms with E-state index in [1.54, 1.807) is 0 Å². The number of ether oxygens (including phenoxy) is 1. The van der Waals surface area contributed by atoms with Gasteiger partial charge in [0.2, 0.25) is 0 Å². The average Bonchev–Trinajstić information content (AvgIpc) is 2.57. The molecule has 2 aliphatic rings. The maximum Gasteiger partial charge on any atom is 0.407 e. The minimum absolute atomic E-state index is 0.298. The lowest BCUT2D eigenvalue weighted by Crippen LogP contribution is -2.44. The lowest BCUT2D eigenvalue weighted by Gasteiger charge is -2.34. The van der Waals surface area contributed by atoms with Crippen LogP contribution >= 0.6 is 0 Å². The molecule has 1 unspecified atom stereocenters. The highest BCUT2D eigenvalue weighted by atomic mass is 16.6. The zero-order valence-corrected chi connectivity index (χ0v) is 9.67. The number of carbonyl (C=O) groups is 1. The Kier molecular flexibility index (Phi) is 2.23. The van der Waals surface area contributed by atoms with Gasteiger partial charge in [-0.05, 0) is 45.4 Å². The molecule has 0 aliphatic heterocycles. The molecule has 0 aromatic rings. The highest BCUT2D eigenvalue weighted by Gasteiger charge is 2.61. The van der Waals surface area contributed by atoms with Gasteiger partial charge in [-0.25, -0.2) is 4.79 Å². The van der Waals surface area contributed by atoms with Crippen LogP contribution in [0.2, 0.25) is 0 Å². The molecule has 0 saturated heterocycles. The third-order valence-corrected chi connectivity index (χ3v) is 3.22. The van der Waals surface area contributed by atoms with Crippen LogP contribution in [0.3, 0.4) is 0 Å². The fourth-order valence-electron chi connectivity index (χ4n) is 2.44. The van der Waals surface area contributed by atoms with Gasteiger partial charge in [0.15, 0.2) is 0 Å². The van der Waals surface area contributed by atoms with Crippen molar-refractivity contribution in [2.75, 3.05) is 0 Å². The third-order valence-electron chi connectivity index (χ3n) is 3.22. The van der Waals surface area contributed by atoms with Crippen LogP contribution in [0.5, 0.6) is 0 Å². The van der Waals surface area contributed by atoms with Gasteiger partial charge >= 0.3 is 6.09 Å². The van der Waals surface area contributed by atoms with Crippen LogP contribution in [-0.4, -0.2) is 23.8 Å². The number of amides is 1. The van der Waals surface area contributed by atoms with Crippen LogP contribution < -0.4 is 11.1 Å². The average molecular weight is 212 g/mol. The summed E-state index contributed by atoms with van der Waals surface area (Å²) >= 11 is 0. The third kappa shape index (κ3) is 2.25. The van der Waals surface area contributed by atoms with Gasteiger partial charge in [0.1, 0.15) is 5.60 Å². The normalized spacial score (nSPS) is 38.4. The van der Waals surface area contributed by atoms with Crippen molar-refractivity contribution in [3.8, 4) is 0 Å². The number of nitrogens with two attached hydrogens (primary N) is 1. The molecule has 0 heterocycles. The van der Waals surface area contributed by atoms with E-state index in [0.29, 0.717) is 17.5 Å². The summed E-state index contributed by atoms with van der Waals surface area (Å²) in [6, 6.07) is 0.641. The highest BCUT2D eigenvalue weighted by Crippen LogP contribution is 2.60. The first-order valence-corrected chi connectivity index (χ1v) is 5.56. The van der Waals surface area contributed by atoms with Gasteiger partial charge in [0, 0.05) is 12.1 Å². The molecule has 2 saturated carbocycles. The van der Waals surface area contributed by atoms with Gasteiger partial charge in [-0.3, -0.25) is 0 Å². The van der Waals surface area contributed by atoms with Crippen molar-refractivity contribution in [1.29, 1.82) is 0 Å². The fraction of sp³-hybridized carbons (Fsp3) is 0.909. The Labute approximate surface area is 90.5 Å². The van der Waals surface area contributed by atoms with Crippen molar-refractivity contribution in [3.05, 3.63) is 0 Å². The Hall–Kier alpha value is -0.770. The van der Waals surface area contributed by atoms with Gasteiger partial charge in [-0.1, -0.05) is 0 Å². The first-order valence-electron chi connectivity index (χ1n) is 5.56. The number of carbonyl (C=O) groups excluding carboxylic acids is 1. The molecule has 1 atom stereocenters. The summed E-state index contributed by atoms with van der Waals surface area (Å²) in [6.45, 7) is 5.61. The highest BCUT2D eigenvalue weighted by molar-refractivity contribution is 5.69. The van der Waals surface area contributed by atoms with E-state index in [2.05, 4.69) is 5.32 Å². The van der Waals surface area contributed by atoms with E-state index in [9.17, 15) is 4.79 Å². The SMILES string of the molecule is CC(C)(C)OC(=O)NC1CC12CC(N)C2. The van der Waals surface area contributed by atoms with Crippen LogP contribution in [0.4, 0.5) is 4.79 Å². The first kappa shape index (κ1) is 10.7. The molecule has 1 amide bonds. The molecule has 0 bridgehead atoms. The molecule has 0 radical (unpaired) electrons. The molecule has 0 aromatic carbocycles. The van der Waals surface area contributed by atoms with E-state index < -0.39 is 5.60 Å². The summed E-state index contributed by atoms with van der Waals surface area (Å²) in [7, 11) is 0. The van der Waals surface area contributed by atoms with Crippen molar-refractivity contribution in [3.63, 3.8) is 0 Å². The topological polar surface area (TPSA) is 64.3 Å². The Morgan fingerprint density at radius 1 is 1.40 bits per heavy atom. The monoisotopic (exact) mass is 212 g/mol. The molecule has 2 fully saturated rings. The maximum absolute atomic E-state index is 11.5. The van der Waals surface area contributed by atoms with Crippen molar-refractivity contribution < 1.29 is 9.53 Å². The number of nitrogens with one attached hydrogen (secondary N) is 1. The smallest absolute Gasteiger partial charge is 0.407 e. The predicted octanol–water partition coefficient (Wildman–Crippen LogP) is 1.39. The molecule has 4 nitrogen and oxygen atoms in total. The second kappa shape index (κ2) is 3.11. The zero-order chi connectivity index (χ0) is 11.3. The lowest BCUT2D eigenvalue weighted by atomic mass is 9.77. The Balaban J connectivity index is 1.74. The first-order chi connectivity index (χ1) is 6.81. The van der Waals surface area contributed by atoms with Gasteiger partial charge < -0.3 is 15.8 Å². The number of alkyl carbamates (subject to hydrolysis) is 1. The summed E-state index contributed by atoms with van der Waals surface area (Å²) in [6.07, 6.45) is 2.87. The van der Waals surface area contributed by atoms with Gasteiger partial charge in [-0.2, -0.15) is 0 Å². The second-order valence-corrected chi connectivity index (χ2v) is 5.93. The van der Waals surface area contributed by atoms with E-state index in [-0.39, 0.29) is 6.09 Å². The van der Waals surface area contributed by atoms with E-state index >= 15 is 0 Å². The van der Waals surface area contributed by atoms with Crippen LogP contribution in [0.15, 0.2) is 0 Å². The molecule has 2 aliphatic carbocycles. The Bertz CT molecular complexity index is 277. The standard InChI is InChI=1S/C11H20N2O2/c1-10(2,3)15-9(14)13-8-6-11(8)4-7(12)5-11/h7-8H,4-6,12H2,1-3H3,(H,13,14). The van der Waals surface area contributed by atoms with E-state index in [4.69, 9.17) is 10.5 Å². The van der Waals surface area contributed by atoms with Gasteiger partial charge in [-0.15, -0.1) is 0 Å². The van der Waals surface area contributed by atoms with Crippen LogP contribution in [-0.2, 0) is 4.74 Å². The predicted molar refractivity (Wildman–Crippen MR) is 57.4 cm³/mol. The second-order valence-electron chi connectivity index (χ2n) is 5.93. The molecule has 0 aromatic heterocycles. The van der Waals surface area contributed by atoms with Crippen molar-refractivity contribution in [1.82, 2.24) is 5.32 Å². The summed E-state index contributed by atoms with van der Waals surface area (Å²) in [5, 5.41) is 2.91. The summed E-state index contributed by atoms with van der Waals surface area (Å²) in [5.41, 5.74) is 5.66. The Morgan fingerprint density at radius 3 is 2.47 bits per heavy atom. The van der Waals surface area contributed by atoms with Crippen LogP contribution in [0.25, 0.3) is 0 Å². The minimum atomic E-state index is -0.415. The van der Waals surface area contributed by atoms with E-state index in [1.165, 1.54) is 0 Å². The molecule has 1 spiro atoms. The molecule has 15 heavy (non-hydrogen) atoms. The fourth-order valence-corrected chi connectivity index (χ4v) is 2.44. The van der Waals surface area contributed by atoms with Crippen LogP contribution in [0.1, 0.15) is 40.0 Å². The summed E-state index contributed by atoms with van der Waals surface area (Å²) in [5.74, 6) is 0. The van der Waals surface area contributed by atoms with Crippen molar-refractivity contribution in [2.45, 2.75) is 57.7 Å². The van der Waals surface area contributed by atoms with Gasteiger partial charge in [0.25, 0.3) is 0 Å². The van der Waals surface area contributed by atoms with Gasteiger partial charge in [0.05, 0.1) is 0 Å². The minimum Gasteiger partial charge on any atom is -0.444 e. The lowest BCUT2D eigenvalue weighted by molar-refractivity contribution is 0.0505. The van der Waals surface area contributed by atoms with Crippen molar-refractivity contribution in [2.24, 2.45) is 11.1 Å². The van der Waals surface area contributed by atoms with Crippen LogP contribution in [0, 0.1) is 5.41 Å². The molecule has 4 heteroatoms. The van der Waals surface area contributed by atoms with E-state index in [0.717, 1.165) is 19.3 Å². The number of hydrogen-bond acceptors (Lipinski definition) is 3. The largest absolute Gasteiger partial charge is 0.444 e. The Morgan fingerprint density at radius 2 is 2.00 bits per heavy atom. The van der Waals surface area contributed by atoms with E-state index in [1.807, 2.05) is 20.8 Å². The molecular weight excluding hydrogens is 192 g/mol. The zero-order valence-electron chi connectivity index (χ0n) is 9.67. The summed E-state index contributed by atoms with van der Waals surface area (Å²) in [4.78, 5) is 11.5. The summed E-state index contributed by atoms with van der Waals surface area (Å²) < 4.78 is 5.20. The maximum atomic E-state index is 11.5. The molecule has 2 rings (SSSR count). The molecular formula is C11H20N2O2. The molecule has 86 valence electrons. The molecule has 3 N–H and O–H groups in total. The van der Waals surface area contributed by atoms with Crippen molar-refractivity contribution >= 4 is 6.09 Å². The number of hydrogen-bond donors (Lipinski definition) is 2. The quantitative estimate of drug-likeness (QED) is 0.690.